The highest BCUT2D eigenvalue weighted by Gasteiger charge is 2.19. The van der Waals surface area contributed by atoms with E-state index in [1.54, 1.807) is 48.5 Å². The van der Waals surface area contributed by atoms with Gasteiger partial charge in [0.2, 0.25) is 0 Å². The van der Waals surface area contributed by atoms with Crippen LogP contribution in [0.4, 0.5) is 15.3 Å². The fourth-order valence-corrected chi connectivity index (χ4v) is 5.49. The number of hydrogen-bond acceptors (Lipinski definition) is 8. The van der Waals surface area contributed by atoms with Crippen molar-refractivity contribution < 1.29 is 13.9 Å². The normalized spacial score (nSPS) is 14.0. The number of methoxy groups -OCH3 is 1. The number of nitrogens with one attached hydrogen (secondary N) is 2. The van der Waals surface area contributed by atoms with Gasteiger partial charge >= 0.3 is 0 Å². The van der Waals surface area contributed by atoms with Crippen molar-refractivity contribution in [2.75, 3.05) is 25.5 Å². The maximum atomic E-state index is 13.4. The zero-order chi connectivity index (χ0) is 24.0. The minimum Gasteiger partial charge on any atom is -0.497 e. The third-order valence-electron chi connectivity index (χ3n) is 5.65. The van der Waals surface area contributed by atoms with Crippen LogP contribution in [0.1, 0.15) is 24.5 Å². The predicted molar refractivity (Wildman–Crippen MR) is 138 cm³/mol. The molecule has 0 saturated carbocycles. The molecule has 0 aliphatic carbocycles. The summed E-state index contributed by atoms with van der Waals surface area (Å²) < 4.78 is 24.9. The summed E-state index contributed by atoms with van der Waals surface area (Å²) in [5.74, 6) is 2.56. The van der Waals surface area contributed by atoms with Gasteiger partial charge in [-0.2, -0.15) is 0 Å². The molecule has 0 amide bonds. The van der Waals surface area contributed by atoms with Crippen molar-refractivity contribution in [2.45, 2.75) is 28.6 Å². The first kappa shape index (κ1) is 23.6. The third kappa shape index (κ3) is 6.11. The first-order valence-corrected chi connectivity index (χ1v) is 13.0. The average molecular weight is 509 g/mol. The van der Waals surface area contributed by atoms with E-state index in [0.717, 1.165) is 52.3 Å². The Morgan fingerprint density at radius 2 is 1.89 bits per heavy atom. The maximum Gasteiger partial charge on any atom is 0.188 e. The molecule has 5 rings (SSSR count). The van der Waals surface area contributed by atoms with Crippen LogP contribution in [-0.2, 0) is 0 Å². The van der Waals surface area contributed by atoms with E-state index in [0.29, 0.717) is 23.2 Å². The van der Waals surface area contributed by atoms with Gasteiger partial charge in [-0.05, 0) is 68.4 Å². The quantitative estimate of drug-likeness (QED) is 0.270. The summed E-state index contributed by atoms with van der Waals surface area (Å²) in [6.07, 6.45) is 3.98. The fourth-order valence-electron chi connectivity index (χ4n) is 3.83. The first-order valence-electron chi connectivity index (χ1n) is 11.3. The molecule has 180 valence electrons. The predicted octanol–water partition coefficient (Wildman–Crippen LogP) is 6.84. The van der Waals surface area contributed by atoms with Gasteiger partial charge in [0.25, 0.3) is 0 Å². The number of hydrogen-bond donors (Lipinski definition) is 2. The van der Waals surface area contributed by atoms with E-state index in [9.17, 15) is 4.39 Å². The standard InChI is InChI=1S/C26H25FN4O2S2/c1-32-20-3-2-4-21(13-20)35-22-14-24(33-19-7-5-18(27)6-8-19)25(29-15-22)31-26-30-23(16-34-26)17-9-11-28-12-10-17/h2-8,13-17,28H,9-12H2,1H3,(H,29,30,31). The summed E-state index contributed by atoms with van der Waals surface area (Å²) >= 11 is 3.11. The number of rotatable bonds is 8. The summed E-state index contributed by atoms with van der Waals surface area (Å²) in [6, 6.07) is 15.7. The molecule has 0 spiro atoms. The van der Waals surface area contributed by atoms with Crippen LogP contribution in [0.15, 0.2) is 76.0 Å². The van der Waals surface area contributed by atoms with Gasteiger partial charge in [-0.3, -0.25) is 0 Å². The van der Waals surface area contributed by atoms with Crippen molar-refractivity contribution in [1.29, 1.82) is 0 Å². The van der Waals surface area contributed by atoms with Crippen LogP contribution in [0.25, 0.3) is 0 Å². The number of aromatic nitrogens is 2. The molecule has 1 fully saturated rings. The number of nitrogens with zero attached hydrogens (tertiary/aromatic N) is 2. The topological polar surface area (TPSA) is 68.3 Å². The minimum atomic E-state index is -0.315. The molecule has 2 aromatic heterocycles. The lowest BCUT2D eigenvalue weighted by atomic mass is 9.96. The van der Waals surface area contributed by atoms with Gasteiger partial charge in [-0.1, -0.05) is 17.8 Å². The van der Waals surface area contributed by atoms with Crippen LogP contribution >= 0.6 is 23.1 Å². The van der Waals surface area contributed by atoms with E-state index in [1.165, 1.54) is 12.1 Å². The molecule has 4 aromatic rings. The Morgan fingerprint density at radius 3 is 2.69 bits per heavy atom. The Kier molecular flexibility index (Phi) is 7.46. The van der Waals surface area contributed by atoms with E-state index < -0.39 is 0 Å². The van der Waals surface area contributed by atoms with Crippen LogP contribution in [0.2, 0.25) is 0 Å². The lowest BCUT2D eigenvalue weighted by Gasteiger charge is -2.20. The summed E-state index contributed by atoms with van der Waals surface area (Å²) in [7, 11) is 1.65. The Morgan fingerprint density at radius 1 is 1.06 bits per heavy atom. The first-order chi connectivity index (χ1) is 17.2. The number of ether oxygens (including phenoxy) is 2. The molecular weight excluding hydrogens is 483 g/mol. The Bertz CT molecular complexity index is 1280. The number of pyridine rings is 1. The van der Waals surface area contributed by atoms with Crippen LogP contribution in [0, 0.1) is 5.82 Å². The SMILES string of the molecule is COc1cccc(Sc2cnc(Nc3nc(C4CCNCC4)cs3)c(Oc3ccc(F)cc3)c2)c1. The molecular formula is C26H25FN4O2S2. The molecule has 1 saturated heterocycles. The minimum absolute atomic E-state index is 0.315. The number of benzene rings is 2. The van der Waals surface area contributed by atoms with Gasteiger partial charge in [-0.25, -0.2) is 14.4 Å². The molecule has 2 N–H and O–H groups in total. The molecule has 1 aliphatic heterocycles. The van der Waals surface area contributed by atoms with Crippen molar-refractivity contribution >= 4 is 34.0 Å². The van der Waals surface area contributed by atoms with Gasteiger partial charge in [0.1, 0.15) is 17.3 Å². The largest absolute Gasteiger partial charge is 0.497 e. The molecule has 1 aliphatic rings. The van der Waals surface area contributed by atoms with Gasteiger partial charge in [-0.15, -0.1) is 11.3 Å². The van der Waals surface area contributed by atoms with Crippen molar-refractivity contribution in [3.05, 3.63) is 77.7 Å². The lowest BCUT2D eigenvalue weighted by Crippen LogP contribution is -2.26. The van der Waals surface area contributed by atoms with Crippen molar-refractivity contribution in [3.63, 3.8) is 0 Å². The Balaban J connectivity index is 1.40. The zero-order valence-electron chi connectivity index (χ0n) is 19.2. The van der Waals surface area contributed by atoms with Crippen molar-refractivity contribution in [1.82, 2.24) is 15.3 Å². The highest BCUT2D eigenvalue weighted by molar-refractivity contribution is 7.99. The number of piperidine rings is 1. The molecule has 6 nitrogen and oxygen atoms in total. The maximum absolute atomic E-state index is 13.4. The summed E-state index contributed by atoms with van der Waals surface area (Å²) in [4.78, 5) is 11.4. The number of thiazole rings is 1. The highest BCUT2D eigenvalue weighted by Crippen LogP contribution is 2.38. The number of anilines is 2. The Labute approximate surface area is 211 Å². The Hall–Kier alpha value is -3.14. The molecule has 0 radical (unpaired) electrons. The average Bonchev–Trinajstić information content (AvgIpc) is 3.36. The second kappa shape index (κ2) is 11.1. The van der Waals surface area contributed by atoms with E-state index in [4.69, 9.17) is 14.5 Å². The second-order valence-electron chi connectivity index (χ2n) is 8.08. The van der Waals surface area contributed by atoms with E-state index in [1.807, 2.05) is 30.3 Å². The summed E-state index contributed by atoms with van der Waals surface area (Å²) in [5.41, 5.74) is 1.12. The summed E-state index contributed by atoms with van der Waals surface area (Å²) in [6.45, 7) is 2.04. The third-order valence-corrected chi connectivity index (χ3v) is 7.38. The second-order valence-corrected chi connectivity index (χ2v) is 10.1. The van der Waals surface area contributed by atoms with Crippen LogP contribution in [0.5, 0.6) is 17.2 Å². The monoisotopic (exact) mass is 508 g/mol. The smallest absolute Gasteiger partial charge is 0.188 e. The van der Waals surface area contributed by atoms with Gasteiger partial charge < -0.3 is 20.1 Å². The van der Waals surface area contributed by atoms with E-state index in [2.05, 4.69) is 21.0 Å². The molecule has 0 atom stereocenters. The van der Waals surface area contributed by atoms with Crippen molar-refractivity contribution in [3.8, 4) is 17.2 Å². The molecule has 2 aromatic carbocycles. The van der Waals surface area contributed by atoms with Crippen LogP contribution in [0.3, 0.4) is 0 Å². The van der Waals surface area contributed by atoms with Gasteiger partial charge in [0, 0.05) is 33.4 Å². The summed E-state index contributed by atoms with van der Waals surface area (Å²) in [5, 5.41) is 9.60. The molecule has 9 heteroatoms. The lowest BCUT2D eigenvalue weighted by molar-refractivity contribution is 0.413. The van der Waals surface area contributed by atoms with E-state index >= 15 is 0 Å². The molecule has 35 heavy (non-hydrogen) atoms. The number of halogens is 1. The fraction of sp³-hybridized carbons (Fsp3) is 0.231. The van der Waals surface area contributed by atoms with Crippen LogP contribution in [-0.4, -0.2) is 30.2 Å². The van der Waals surface area contributed by atoms with E-state index in [-0.39, 0.29) is 5.82 Å². The van der Waals surface area contributed by atoms with Gasteiger partial charge in [0.15, 0.2) is 16.7 Å². The van der Waals surface area contributed by atoms with Crippen molar-refractivity contribution in [2.24, 2.45) is 0 Å². The highest BCUT2D eigenvalue weighted by atomic mass is 32.2. The van der Waals surface area contributed by atoms with Gasteiger partial charge in [0.05, 0.1) is 12.8 Å². The molecule has 3 heterocycles. The zero-order valence-corrected chi connectivity index (χ0v) is 20.8. The van der Waals surface area contributed by atoms with Crippen LogP contribution < -0.4 is 20.1 Å². The molecule has 0 unspecified atom stereocenters. The molecule has 0 bridgehead atoms.